The summed E-state index contributed by atoms with van der Waals surface area (Å²) in [5.74, 6) is -0.845. The molecule has 1 radical (unpaired) electrons. The van der Waals surface area contributed by atoms with Crippen molar-refractivity contribution in [2.45, 2.75) is 49.6 Å². The number of Topliss-reactive ketones (excluding diaryl/α,β-unsaturated/α-hetero) is 1. The van der Waals surface area contributed by atoms with Crippen LogP contribution in [-0.4, -0.2) is 48.5 Å². The van der Waals surface area contributed by atoms with E-state index in [0.717, 1.165) is 10.7 Å². The van der Waals surface area contributed by atoms with Crippen molar-refractivity contribution in [2.75, 3.05) is 13.1 Å². The lowest BCUT2D eigenvalue weighted by atomic mass is 10.1. The number of aromatic nitrogens is 1. The zero-order valence-electron chi connectivity index (χ0n) is 14.2. The quantitative estimate of drug-likeness (QED) is 0.731. The van der Waals surface area contributed by atoms with Gasteiger partial charge in [0.25, 0.3) is 10.0 Å². The molecule has 2 rings (SSSR count). The minimum atomic E-state index is -4.18. The lowest BCUT2D eigenvalue weighted by Gasteiger charge is -2.29. The number of carbonyl (C=O) groups is 2. The van der Waals surface area contributed by atoms with Crippen molar-refractivity contribution in [3.05, 3.63) is 31.3 Å². The lowest BCUT2D eigenvalue weighted by molar-refractivity contribution is -0.133. The maximum absolute atomic E-state index is 13.0. The average Bonchev–Trinajstić information content (AvgIpc) is 2.81. The molecule has 137 valence electrons. The van der Waals surface area contributed by atoms with E-state index in [1.807, 2.05) is 0 Å². The van der Waals surface area contributed by atoms with Gasteiger partial charge in [-0.25, -0.2) is 9.29 Å². The standard InChI is InChI=1S/C17H24N3O4S/c1-2-3-4-10-17(22)20(14-8-7-11-18-13-15(14)21)25(23,24)16-9-5-6-12-19-16/h5-6,9,12,14,18H,1-4,7-8,10-11,13H2/t14-/m0/s1. The molecular formula is C17H24N3O4S. The van der Waals surface area contributed by atoms with Gasteiger partial charge in [0, 0.05) is 12.6 Å². The minimum Gasteiger partial charge on any atom is -0.310 e. The number of amides is 1. The molecule has 1 atom stereocenters. The Morgan fingerprint density at radius 1 is 1.36 bits per heavy atom. The number of pyridine rings is 1. The van der Waals surface area contributed by atoms with Gasteiger partial charge in [0.05, 0.1) is 6.54 Å². The Balaban J connectivity index is 2.37. The molecule has 0 aliphatic carbocycles. The molecule has 0 spiro atoms. The second-order valence-corrected chi connectivity index (χ2v) is 7.74. The van der Waals surface area contributed by atoms with E-state index in [2.05, 4.69) is 17.2 Å². The van der Waals surface area contributed by atoms with Crippen LogP contribution in [0.1, 0.15) is 38.5 Å². The Bertz CT molecular complexity index is 691. The molecule has 8 heteroatoms. The molecule has 1 saturated heterocycles. The highest BCUT2D eigenvalue weighted by Crippen LogP contribution is 2.22. The van der Waals surface area contributed by atoms with E-state index < -0.39 is 22.0 Å². The molecule has 1 aromatic rings. The normalized spacial score (nSPS) is 18.6. The number of carbonyl (C=O) groups excluding carboxylic acids is 2. The zero-order valence-corrected chi connectivity index (χ0v) is 15.0. The van der Waals surface area contributed by atoms with Crippen LogP contribution in [0.15, 0.2) is 29.4 Å². The number of ketones is 1. The van der Waals surface area contributed by atoms with Crippen LogP contribution in [0.4, 0.5) is 0 Å². The second-order valence-electron chi connectivity index (χ2n) is 5.97. The third kappa shape index (κ3) is 4.85. The van der Waals surface area contributed by atoms with Gasteiger partial charge in [0.2, 0.25) is 5.91 Å². The summed E-state index contributed by atoms with van der Waals surface area (Å²) in [4.78, 5) is 29.0. The highest BCUT2D eigenvalue weighted by molar-refractivity contribution is 7.89. The monoisotopic (exact) mass is 366 g/mol. The maximum Gasteiger partial charge on any atom is 0.284 e. The van der Waals surface area contributed by atoms with Crippen LogP contribution < -0.4 is 5.32 Å². The van der Waals surface area contributed by atoms with E-state index in [1.165, 1.54) is 12.3 Å². The van der Waals surface area contributed by atoms with Crippen LogP contribution >= 0.6 is 0 Å². The first-order chi connectivity index (χ1) is 12.0. The number of sulfonamides is 1. The summed E-state index contributed by atoms with van der Waals surface area (Å²) in [5, 5.41) is 2.74. The predicted molar refractivity (Wildman–Crippen MR) is 93.0 cm³/mol. The molecule has 0 bridgehead atoms. The van der Waals surface area contributed by atoms with Crippen molar-refractivity contribution in [3.63, 3.8) is 0 Å². The fourth-order valence-electron chi connectivity index (χ4n) is 2.80. The van der Waals surface area contributed by atoms with Crippen LogP contribution in [0.25, 0.3) is 0 Å². The summed E-state index contributed by atoms with van der Waals surface area (Å²) < 4.78 is 26.8. The van der Waals surface area contributed by atoms with Gasteiger partial charge in [0.15, 0.2) is 10.8 Å². The topological polar surface area (TPSA) is 96.4 Å². The van der Waals surface area contributed by atoms with Gasteiger partial charge in [0.1, 0.15) is 6.04 Å². The van der Waals surface area contributed by atoms with Gasteiger partial charge in [-0.1, -0.05) is 25.8 Å². The van der Waals surface area contributed by atoms with Gasteiger partial charge in [-0.15, -0.1) is 0 Å². The largest absolute Gasteiger partial charge is 0.310 e. The highest BCUT2D eigenvalue weighted by atomic mass is 32.2. The first-order valence-electron chi connectivity index (χ1n) is 8.49. The number of hydrogen-bond donors (Lipinski definition) is 1. The Morgan fingerprint density at radius 3 is 2.84 bits per heavy atom. The van der Waals surface area contributed by atoms with Crippen molar-refractivity contribution in [1.29, 1.82) is 0 Å². The molecule has 1 aliphatic rings. The Kier molecular flexibility index (Phi) is 7.07. The van der Waals surface area contributed by atoms with E-state index in [4.69, 9.17) is 0 Å². The van der Waals surface area contributed by atoms with Crippen molar-refractivity contribution < 1.29 is 18.0 Å². The van der Waals surface area contributed by atoms with Gasteiger partial charge in [-0.05, 0) is 37.9 Å². The Hall–Kier alpha value is -1.80. The summed E-state index contributed by atoms with van der Waals surface area (Å²) in [6, 6.07) is 3.50. The van der Waals surface area contributed by atoms with Gasteiger partial charge >= 0.3 is 0 Å². The first-order valence-corrected chi connectivity index (χ1v) is 9.93. The molecule has 1 aromatic heterocycles. The maximum atomic E-state index is 13.0. The van der Waals surface area contributed by atoms with Gasteiger partial charge < -0.3 is 5.32 Å². The fourth-order valence-corrected chi connectivity index (χ4v) is 4.36. The summed E-state index contributed by atoms with van der Waals surface area (Å²) in [6.45, 7) is 4.40. The van der Waals surface area contributed by atoms with Crippen molar-refractivity contribution in [3.8, 4) is 0 Å². The molecular weight excluding hydrogens is 342 g/mol. The number of rotatable bonds is 7. The van der Waals surface area contributed by atoms with Crippen LogP contribution in [0, 0.1) is 6.92 Å². The van der Waals surface area contributed by atoms with Crippen molar-refractivity contribution in [1.82, 2.24) is 14.6 Å². The number of unbranched alkanes of at least 4 members (excludes halogenated alkanes) is 2. The summed E-state index contributed by atoms with van der Waals surface area (Å²) >= 11 is 0. The molecule has 0 aromatic carbocycles. The number of nitrogens with zero attached hydrogens (tertiary/aromatic N) is 2. The van der Waals surface area contributed by atoms with Crippen LogP contribution in [0.2, 0.25) is 0 Å². The smallest absolute Gasteiger partial charge is 0.284 e. The average molecular weight is 366 g/mol. The van der Waals surface area contributed by atoms with Crippen LogP contribution in [0.3, 0.4) is 0 Å². The molecule has 1 fully saturated rings. The Labute approximate surface area is 148 Å². The number of hydrogen-bond acceptors (Lipinski definition) is 6. The zero-order chi connectivity index (χ0) is 18.3. The predicted octanol–water partition coefficient (Wildman–Crippen LogP) is 1.31. The van der Waals surface area contributed by atoms with E-state index >= 15 is 0 Å². The molecule has 1 aliphatic heterocycles. The molecule has 7 nitrogen and oxygen atoms in total. The second kappa shape index (κ2) is 9.05. The SMILES string of the molecule is [CH2]CCCCC(=O)N([C@H]1CCCNCC1=O)S(=O)(=O)c1ccccn1. The summed E-state index contributed by atoms with van der Waals surface area (Å²) in [6.07, 6.45) is 4.30. The van der Waals surface area contributed by atoms with Gasteiger partial charge in [-0.2, -0.15) is 8.42 Å². The van der Waals surface area contributed by atoms with E-state index in [1.54, 1.807) is 12.1 Å². The van der Waals surface area contributed by atoms with Crippen molar-refractivity contribution >= 4 is 21.7 Å². The van der Waals surface area contributed by atoms with Crippen molar-refractivity contribution in [2.24, 2.45) is 0 Å². The summed E-state index contributed by atoms with van der Waals surface area (Å²) in [5.41, 5.74) is 0. The third-order valence-corrected chi connectivity index (χ3v) is 5.83. The molecule has 1 N–H and O–H groups in total. The minimum absolute atomic E-state index is 0.0606. The molecule has 2 heterocycles. The highest BCUT2D eigenvalue weighted by Gasteiger charge is 2.39. The molecule has 0 saturated carbocycles. The fraction of sp³-hybridized carbons (Fsp3) is 0.529. The number of nitrogens with one attached hydrogen (secondary N) is 1. The van der Waals surface area contributed by atoms with Crippen LogP contribution in [0.5, 0.6) is 0 Å². The summed E-state index contributed by atoms with van der Waals surface area (Å²) in [7, 11) is -4.18. The van der Waals surface area contributed by atoms with E-state index in [-0.39, 0.29) is 23.8 Å². The third-order valence-electron chi connectivity index (χ3n) is 4.08. The van der Waals surface area contributed by atoms with Gasteiger partial charge in [-0.3, -0.25) is 9.59 Å². The molecule has 1 amide bonds. The van der Waals surface area contributed by atoms with E-state index in [0.29, 0.717) is 32.2 Å². The molecule has 25 heavy (non-hydrogen) atoms. The first kappa shape index (κ1) is 19.5. The van der Waals surface area contributed by atoms with E-state index in [9.17, 15) is 18.0 Å². The van der Waals surface area contributed by atoms with Crippen LogP contribution in [-0.2, 0) is 19.6 Å². The molecule has 0 unspecified atom stereocenters. The lowest BCUT2D eigenvalue weighted by Crippen LogP contribution is -2.49. The Morgan fingerprint density at radius 2 is 2.16 bits per heavy atom.